The summed E-state index contributed by atoms with van der Waals surface area (Å²) in [5.74, 6) is 0.945. The van der Waals surface area contributed by atoms with E-state index in [2.05, 4.69) is 10.5 Å². The molecule has 1 N–H and O–H groups in total. The van der Waals surface area contributed by atoms with Gasteiger partial charge in [-0.15, -0.1) is 0 Å². The van der Waals surface area contributed by atoms with Crippen molar-refractivity contribution in [2.45, 2.75) is 6.92 Å². The first-order chi connectivity index (χ1) is 12.1. The van der Waals surface area contributed by atoms with Crippen molar-refractivity contribution in [1.29, 1.82) is 0 Å². The SMILES string of the molecule is CCOc1cc(C=NOCC(=O)Nc2ccc(Cl)cc2)ccc1OC. The molecule has 0 aliphatic carbocycles. The number of carbonyl (C=O) groups is 1. The maximum atomic E-state index is 11.8. The lowest BCUT2D eigenvalue weighted by molar-refractivity contribution is -0.120. The molecule has 0 radical (unpaired) electrons. The van der Waals surface area contributed by atoms with E-state index in [-0.39, 0.29) is 12.5 Å². The zero-order valence-corrected chi connectivity index (χ0v) is 14.7. The van der Waals surface area contributed by atoms with E-state index in [0.29, 0.717) is 28.8 Å². The predicted octanol–water partition coefficient (Wildman–Crippen LogP) is 3.74. The molecule has 7 heteroatoms. The molecule has 0 unspecified atom stereocenters. The number of methoxy groups -OCH3 is 1. The Morgan fingerprint density at radius 2 is 1.96 bits per heavy atom. The summed E-state index contributed by atoms with van der Waals surface area (Å²) in [5.41, 5.74) is 1.40. The van der Waals surface area contributed by atoms with E-state index < -0.39 is 0 Å². The number of rotatable bonds is 8. The van der Waals surface area contributed by atoms with Crippen LogP contribution < -0.4 is 14.8 Å². The van der Waals surface area contributed by atoms with Crippen LogP contribution in [0.4, 0.5) is 5.69 Å². The van der Waals surface area contributed by atoms with Crippen molar-refractivity contribution in [2.75, 3.05) is 25.6 Å². The fourth-order valence-corrected chi connectivity index (χ4v) is 2.09. The zero-order chi connectivity index (χ0) is 18.1. The highest BCUT2D eigenvalue weighted by Gasteiger charge is 2.05. The number of amides is 1. The molecule has 0 aliphatic rings. The molecular formula is C18H19ClN2O4. The van der Waals surface area contributed by atoms with Crippen LogP contribution in [0.25, 0.3) is 0 Å². The zero-order valence-electron chi connectivity index (χ0n) is 14.0. The van der Waals surface area contributed by atoms with Crippen molar-refractivity contribution in [1.82, 2.24) is 0 Å². The highest BCUT2D eigenvalue weighted by molar-refractivity contribution is 6.30. The van der Waals surface area contributed by atoms with Crippen LogP contribution >= 0.6 is 11.6 Å². The van der Waals surface area contributed by atoms with Crippen molar-refractivity contribution in [3.05, 3.63) is 53.1 Å². The molecule has 2 rings (SSSR count). The molecule has 0 saturated heterocycles. The van der Waals surface area contributed by atoms with Crippen LogP contribution in [0.2, 0.25) is 5.02 Å². The molecule has 25 heavy (non-hydrogen) atoms. The standard InChI is InChI=1S/C18H19ClN2O4/c1-3-24-17-10-13(4-9-16(17)23-2)11-20-25-12-18(22)21-15-7-5-14(19)6-8-15/h4-11H,3,12H2,1-2H3,(H,21,22). The molecule has 0 bridgehead atoms. The number of nitrogens with one attached hydrogen (secondary N) is 1. The van der Waals surface area contributed by atoms with Crippen molar-refractivity contribution in [3.63, 3.8) is 0 Å². The second-order valence-electron chi connectivity index (χ2n) is 4.91. The normalized spacial score (nSPS) is 10.5. The van der Waals surface area contributed by atoms with E-state index in [9.17, 15) is 4.79 Å². The van der Waals surface area contributed by atoms with Crippen LogP contribution in [0.1, 0.15) is 12.5 Å². The van der Waals surface area contributed by atoms with Crippen molar-refractivity contribution >= 4 is 29.4 Å². The van der Waals surface area contributed by atoms with Crippen molar-refractivity contribution in [2.24, 2.45) is 5.16 Å². The third-order valence-electron chi connectivity index (χ3n) is 3.09. The lowest BCUT2D eigenvalue weighted by Crippen LogP contribution is -2.16. The minimum atomic E-state index is -0.316. The summed E-state index contributed by atoms with van der Waals surface area (Å²) in [5, 5.41) is 7.07. The molecule has 0 aromatic heterocycles. The van der Waals surface area contributed by atoms with Gasteiger partial charge in [0.25, 0.3) is 5.91 Å². The highest BCUT2D eigenvalue weighted by Crippen LogP contribution is 2.27. The van der Waals surface area contributed by atoms with E-state index >= 15 is 0 Å². The number of nitrogens with zero attached hydrogens (tertiary/aromatic N) is 1. The van der Waals surface area contributed by atoms with E-state index in [1.54, 1.807) is 43.5 Å². The second-order valence-corrected chi connectivity index (χ2v) is 5.34. The molecule has 0 heterocycles. The van der Waals surface area contributed by atoms with Gasteiger partial charge in [0, 0.05) is 16.3 Å². The molecule has 0 aliphatic heterocycles. The van der Waals surface area contributed by atoms with Crippen LogP contribution in [0.5, 0.6) is 11.5 Å². The maximum Gasteiger partial charge on any atom is 0.265 e. The topological polar surface area (TPSA) is 69.2 Å². The number of oxime groups is 1. The smallest absolute Gasteiger partial charge is 0.265 e. The van der Waals surface area contributed by atoms with Gasteiger partial charge in [0.15, 0.2) is 18.1 Å². The molecular weight excluding hydrogens is 344 g/mol. The largest absolute Gasteiger partial charge is 0.493 e. The molecule has 0 spiro atoms. The van der Waals surface area contributed by atoms with Gasteiger partial charge in [-0.3, -0.25) is 4.79 Å². The highest BCUT2D eigenvalue weighted by atomic mass is 35.5. The fourth-order valence-electron chi connectivity index (χ4n) is 1.97. The third-order valence-corrected chi connectivity index (χ3v) is 3.34. The first kappa shape index (κ1) is 18.6. The van der Waals surface area contributed by atoms with Crippen LogP contribution in [-0.2, 0) is 9.63 Å². The van der Waals surface area contributed by atoms with Crippen LogP contribution in [-0.4, -0.2) is 32.4 Å². The summed E-state index contributed by atoms with van der Waals surface area (Å²) >= 11 is 5.79. The summed E-state index contributed by atoms with van der Waals surface area (Å²) in [6.07, 6.45) is 1.50. The Morgan fingerprint density at radius 3 is 2.64 bits per heavy atom. The summed E-state index contributed by atoms with van der Waals surface area (Å²) in [4.78, 5) is 16.8. The summed E-state index contributed by atoms with van der Waals surface area (Å²) in [6.45, 7) is 2.22. The average molecular weight is 363 g/mol. The molecule has 0 fully saturated rings. The molecule has 1 amide bonds. The first-order valence-electron chi connectivity index (χ1n) is 7.64. The second kappa shape index (κ2) is 9.54. The molecule has 6 nitrogen and oxygen atoms in total. The van der Waals surface area contributed by atoms with E-state index in [0.717, 1.165) is 5.56 Å². The molecule has 0 atom stereocenters. The molecule has 2 aromatic carbocycles. The number of halogens is 1. The van der Waals surface area contributed by atoms with Gasteiger partial charge in [0.05, 0.1) is 19.9 Å². The van der Waals surface area contributed by atoms with E-state index in [4.69, 9.17) is 25.9 Å². The average Bonchev–Trinajstić information content (AvgIpc) is 2.61. The van der Waals surface area contributed by atoms with Gasteiger partial charge in [-0.05, 0) is 49.4 Å². The Balaban J connectivity index is 1.85. The summed E-state index contributed by atoms with van der Waals surface area (Å²) in [6, 6.07) is 12.2. The van der Waals surface area contributed by atoms with Crippen LogP contribution in [0.3, 0.4) is 0 Å². The fraction of sp³-hybridized carbons (Fsp3) is 0.222. The molecule has 2 aromatic rings. The number of carbonyl (C=O) groups excluding carboxylic acids is 1. The lowest BCUT2D eigenvalue weighted by Gasteiger charge is -2.09. The van der Waals surface area contributed by atoms with Gasteiger partial charge >= 0.3 is 0 Å². The third kappa shape index (κ3) is 6.00. The van der Waals surface area contributed by atoms with Gasteiger partial charge in [-0.1, -0.05) is 16.8 Å². The Bertz CT molecular complexity index is 732. The minimum absolute atomic E-state index is 0.201. The number of hydrogen-bond donors (Lipinski definition) is 1. The molecule has 0 saturated carbocycles. The van der Waals surface area contributed by atoms with E-state index in [1.807, 2.05) is 13.0 Å². The van der Waals surface area contributed by atoms with Crippen LogP contribution in [0.15, 0.2) is 47.6 Å². The number of ether oxygens (including phenoxy) is 2. The van der Waals surface area contributed by atoms with Crippen LogP contribution in [0, 0.1) is 0 Å². The van der Waals surface area contributed by atoms with Crippen molar-refractivity contribution in [3.8, 4) is 11.5 Å². The predicted molar refractivity (Wildman–Crippen MR) is 97.8 cm³/mol. The maximum absolute atomic E-state index is 11.8. The first-order valence-corrected chi connectivity index (χ1v) is 8.01. The quantitative estimate of drug-likeness (QED) is 0.573. The number of hydrogen-bond acceptors (Lipinski definition) is 5. The monoisotopic (exact) mass is 362 g/mol. The summed E-state index contributed by atoms with van der Waals surface area (Å²) < 4.78 is 10.7. The summed E-state index contributed by atoms with van der Waals surface area (Å²) in [7, 11) is 1.58. The van der Waals surface area contributed by atoms with Gasteiger partial charge in [-0.2, -0.15) is 0 Å². The minimum Gasteiger partial charge on any atom is -0.493 e. The van der Waals surface area contributed by atoms with E-state index in [1.165, 1.54) is 6.21 Å². The molecule has 132 valence electrons. The lowest BCUT2D eigenvalue weighted by atomic mass is 10.2. The van der Waals surface area contributed by atoms with Gasteiger partial charge in [-0.25, -0.2) is 0 Å². The van der Waals surface area contributed by atoms with Gasteiger partial charge in [0.1, 0.15) is 0 Å². The Morgan fingerprint density at radius 1 is 1.20 bits per heavy atom. The van der Waals surface area contributed by atoms with Crippen molar-refractivity contribution < 1.29 is 19.1 Å². The Labute approximate surface area is 151 Å². The Hall–Kier alpha value is -2.73. The number of anilines is 1. The van der Waals surface area contributed by atoms with Gasteiger partial charge < -0.3 is 19.6 Å². The van der Waals surface area contributed by atoms with Gasteiger partial charge in [0.2, 0.25) is 0 Å². The number of benzene rings is 2. The Kier molecular flexibility index (Phi) is 7.10.